The van der Waals surface area contributed by atoms with Crippen molar-refractivity contribution in [1.29, 1.82) is 0 Å². The van der Waals surface area contributed by atoms with Gasteiger partial charge in [-0.25, -0.2) is 0 Å². The Kier molecular flexibility index (Phi) is 3.38. The molecule has 1 fully saturated rings. The summed E-state index contributed by atoms with van der Waals surface area (Å²) in [5.41, 5.74) is 5.60. The molecule has 1 amide bonds. The van der Waals surface area contributed by atoms with E-state index in [4.69, 9.17) is 10.8 Å². The maximum Gasteiger partial charge on any atom is 0.251 e. The van der Waals surface area contributed by atoms with E-state index in [9.17, 15) is 9.59 Å². The lowest BCUT2D eigenvalue weighted by Gasteiger charge is -2.13. The van der Waals surface area contributed by atoms with Crippen LogP contribution in [-0.4, -0.2) is 28.7 Å². The number of carbonyl (C=O) groups excluding carboxylic acids is 1. The van der Waals surface area contributed by atoms with Crippen LogP contribution < -0.4 is 16.6 Å². The van der Waals surface area contributed by atoms with Crippen molar-refractivity contribution in [2.24, 2.45) is 5.41 Å². The third kappa shape index (κ3) is 2.89. The average molecular weight is 251 g/mol. The van der Waals surface area contributed by atoms with Crippen LogP contribution in [-0.2, 0) is 11.3 Å². The van der Waals surface area contributed by atoms with Gasteiger partial charge in [0.15, 0.2) is 0 Å². The standard InChI is InChI=1S/C12H17N3O3/c13-9-1-2-11(18)15(5-9)6-10(17)14-7-12(8-16)3-4-12/h1-2,5,16H,3-4,6-8,13H2,(H,14,17). The largest absolute Gasteiger partial charge is 0.398 e. The minimum Gasteiger partial charge on any atom is -0.398 e. The highest BCUT2D eigenvalue weighted by molar-refractivity contribution is 5.75. The molecule has 1 heterocycles. The molecule has 6 nitrogen and oxygen atoms in total. The third-order valence-corrected chi connectivity index (χ3v) is 3.27. The number of rotatable bonds is 5. The Morgan fingerprint density at radius 1 is 1.50 bits per heavy atom. The quantitative estimate of drug-likeness (QED) is 0.646. The third-order valence-electron chi connectivity index (χ3n) is 3.27. The van der Waals surface area contributed by atoms with Gasteiger partial charge in [0.2, 0.25) is 5.91 Å². The molecule has 0 bridgehead atoms. The van der Waals surface area contributed by atoms with Crippen LogP contribution in [0.4, 0.5) is 5.69 Å². The first-order chi connectivity index (χ1) is 8.54. The summed E-state index contributed by atoms with van der Waals surface area (Å²) in [4.78, 5) is 23.1. The fourth-order valence-corrected chi connectivity index (χ4v) is 1.74. The summed E-state index contributed by atoms with van der Waals surface area (Å²) < 4.78 is 1.27. The van der Waals surface area contributed by atoms with Crippen molar-refractivity contribution in [1.82, 2.24) is 9.88 Å². The van der Waals surface area contributed by atoms with E-state index in [2.05, 4.69) is 5.32 Å². The molecule has 0 unspecified atom stereocenters. The lowest BCUT2D eigenvalue weighted by molar-refractivity contribution is -0.122. The van der Waals surface area contributed by atoms with Gasteiger partial charge in [-0.2, -0.15) is 0 Å². The summed E-state index contributed by atoms with van der Waals surface area (Å²) in [5.74, 6) is -0.248. The molecule has 6 heteroatoms. The molecule has 98 valence electrons. The zero-order valence-corrected chi connectivity index (χ0v) is 10.1. The molecule has 1 aromatic heterocycles. The van der Waals surface area contributed by atoms with Crippen LogP contribution in [0, 0.1) is 5.41 Å². The lowest BCUT2D eigenvalue weighted by atomic mass is 10.1. The predicted octanol–water partition coefficient (Wildman–Crippen LogP) is -0.681. The minimum absolute atomic E-state index is 0.0502. The minimum atomic E-state index is -0.261. The fourth-order valence-electron chi connectivity index (χ4n) is 1.74. The van der Waals surface area contributed by atoms with Gasteiger partial charge in [0.1, 0.15) is 6.54 Å². The second kappa shape index (κ2) is 4.81. The molecule has 0 atom stereocenters. The number of aromatic nitrogens is 1. The number of nitrogens with two attached hydrogens (primary N) is 1. The molecule has 18 heavy (non-hydrogen) atoms. The predicted molar refractivity (Wildman–Crippen MR) is 66.9 cm³/mol. The van der Waals surface area contributed by atoms with Gasteiger partial charge in [0, 0.05) is 29.9 Å². The molecule has 1 aliphatic carbocycles. The maximum atomic E-state index is 11.7. The number of nitrogens with zero attached hydrogens (tertiary/aromatic N) is 1. The number of aliphatic hydroxyl groups excluding tert-OH is 1. The second-order valence-corrected chi connectivity index (χ2v) is 4.86. The number of aliphatic hydroxyl groups is 1. The molecule has 1 saturated carbocycles. The van der Waals surface area contributed by atoms with Crippen molar-refractivity contribution >= 4 is 11.6 Å². The number of nitrogen functional groups attached to an aromatic ring is 1. The number of hydrogen-bond acceptors (Lipinski definition) is 4. The lowest BCUT2D eigenvalue weighted by Crippen LogP contribution is -2.36. The molecule has 1 aliphatic rings. The van der Waals surface area contributed by atoms with Gasteiger partial charge in [0.05, 0.1) is 6.61 Å². The van der Waals surface area contributed by atoms with Crippen LogP contribution in [0.15, 0.2) is 23.1 Å². The van der Waals surface area contributed by atoms with E-state index in [1.807, 2.05) is 0 Å². The maximum absolute atomic E-state index is 11.7. The van der Waals surface area contributed by atoms with Crippen molar-refractivity contribution in [2.45, 2.75) is 19.4 Å². The van der Waals surface area contributed by atoms with E-state index in [1.54, 1.807) is 0 Å². The molecule has 4 N–H and O–H groups in total. The molecule has 1 aromatic rings. The van der Waals surface area contributed by atoms with Gasteiger partial charge < -0.3 is 20.7 Å². The van der Waals surface area contributed by atoms with Crippen LogP contribution in [0.25, 0.3) is 0 Å². The van der Waals surface area contributed by atoms with E-state index < -0.39 is 0 Å². The first-order valence-corrected chi connectivity index (χ1v) is 5.88. The first-order valence-electron chi connectivity index (χ1n) is 5.88. The zero-order valence-electron chi connectivity index (χ0n) is 10.1. The van der Waals surface area contributed by atoms with Crippen molar-refractivity contribution in [3.8, 4) is 0 Å². The fraction of sp³-hybridized carbons (Fsp3) is 0.500. The van der Waals surface area contributed by atoms with Crippen molar-refractivity contribution in [3.05, 3.63) is 28.7 Å². The first kappa shape index (κ1) is 12.6. The summed E-state index contributed by atoms with van der Waals surface area (Å²) in [6.07, 6.45) is 3.31. The molecule has 0 saturated heterocycles. The zero-order chi connectivity index (χ0) is 13.2. The van der Waals surface area contributed by atoms with Crippen molar-refractivity contribution in [3.63, 3.8) is 0 Å². The van der Waals surface area contributed by atoms with E-state index in [1.165, 1.54) is 22.9 Å². The van der Waals surface area contributed by atoms with E-state index in [0.717, 1.165) is 12.8 Å². The Morgan fingerprint density at radius 3 is 2.83 bits per heavy atom. The molecular formula is C12H17N3O3. The molecule has 0 aromatic carbocycles. The number of anilines is 1. The normalized spacial score (nSPS) is 16.3. The van der Waals surface area contributed by atoms with Crippen molar-refractivity contribution in [2.75, 3.05) is 18.9 Å². The Labute approximate surface area is 104 Å². The van der Waals surface area contributed by atoms with Crippen LogP contribution in [0.3, 0.4) is 0 Å². The monoisotopic (exact) mass is 251 g/mol. The van der Waals surface area contributed by atoms with Crippen LogP contribution in [0.2, 0.25) is 0 Å². The molecule has 0 spiro atoms. The number of hydrogen-bond donors (Lipinski definition) is 3. The SMILES string of the molecule is Nc1ccc(=O)n(CC(=O)NCC2(CO)CC2)c1. The van der Waals surface area contributed by atoms with Gasteiger partial charge in [-0.1, -0.05) is 0 Å². The van der Waals surface area contributed by atoms with E-state index in [-0.39, 0.29) is 30.0 Å². The van der Waals surface area contributed by atoms with E-state index in [0.29, 0.717) is 12.2 Å². The average Bonchev–Trinajstić information content (AvgIpc) is 3.12. The van der Waals surface area contributed by atoms with Crippen LogP contribution in [0.1, 0.15) is 12.8 Å². The Hall–Kier alpha value is -1.82. The Balaban J connectivity index is 1.91. The van der Waals surface area contributed by atoms with Crippen LogP contribution >= 0.6 is 0 Å². The van der Waals surface area contributed by atoms with Crippen LogP contribution in [0.5, 0.6) is 0 Å². The summed E-state index contributed by atoms with van der Waals surface area (Å²) >= 11 is 0. The highest BCUT2D eigenvalue weighted by atomic mass is 16.3. The second-order valence-electron chi connectivity index (χ2n) is 4.86. The number of pyridine rings is 1. The smallest absolute Gasteiger partial charge is 0.251 e. The number of carbonyl (C=O) groups is 1. The summed E-state index contributed by atoms with van der Waals surface area (Å²) in [7, 11) is 0. The summed E-state index contributed by atoms with van der Waals surface area (Å²) in [6, 6.07) is 2.83. The van der Waals surface area contributed by atoms with Gasteiger partial charge >= 0.3 is 0 Å². The summed E-state index contributed by atoms with van der Waals surface area (Å²) in [5, 5.41) is 11.8. The van der Waals surface area contributed by atoms with Gasteiger partial charge in [0.25, 0.3) is 5.56 Å². The van der Waals surface area contributed by atoms with Gasteiger partial charge in [-0.15, -0.1) is 0 Å². The number of amides is 1. The molecule has 2 rings (SSSR count). The molecule has 0 aliphatic heterocycles. The van der Waals surface area contributed by atoms with Gasteiger partial charge in [-0.05, 0) is 18.9 Å². The highest BCUT2D eigenvalue weighted by Crippen LogP contribution is 2.44. The topological polar surface area (TPSA) is 97.4 Å². The highest BCUT2D eigenvalue weighted by Gasteiger charge is 2.41. The van der Waals surface area contributed by atoms with Crippen molar-refractivity contribution < 1.29 is 9.90 Å². The number of nitrogens with one attached hydrogen (secondary N) is 1. The molecule has 0 radical (unpaired) electrons. The Bertz CT molecular complexity index is 506. The Morgan fingerprint density at radius 2 is 2.22 bits per heavy atom. The summed E-state index contributed by atoms with van der Waals surface area (Å²) in [6.45, 7) is 0.496. The molecular weight excluding hydrogens is 234 g/mol. The van der Waals surface area contributed by atoms with Gasteiger partial charge in [-0.3, -0.25) is 9.59 Å². The van der Waals surface area contributed by atoms with E-state index >= 15 is 0 Å².